The number of hydrogen-bond donors (Lipinski definition) is 12. The van der Waals surface area contributed by atoms with E-state index in [9.17, 15) is 61.0 Å². The molecule has 3 aliphatic rings. The number of allylic oxidation sites excluding steroid dienone is 15. The van der Waals surface area contributed by atoms with E-state index in [1.807, 2.05) is 6.08 Å². The average molecular weight is 1490 g/mol. The number of hydrogen-bond acceptors (Lipinski definition) is 18. The van der Waals surface area contributed by atoms with Gasteiger partial charge in [0.25, 0.3) is 0 Å². The summed E-state index contributed by atoms with van der Waals surface area (Å²) in [5.74, 6) is -0.275. The van der Waals surface area contributed by atoms with Gasteiger partial charge in [-0.3, -0.25) is 4.79 Å². The van der Waals surface area contributed by atoms with Gasteiger partial charge in [0.15, 0.2) is 18.9 Å². The maximum atomic E-state index is 13.5. The number of ether oxygens (including phenoxy) is 6. The van der Waals surface area contributed by atoms with Crippen LogP contribution in [0.2, 0.25) is 0 Å². The summed E-state index contributed by atoms with van der Waals surface area (Å²) >= 11 is 0. The lowest BCUT2D eigenvalue weighted by atomic mass is 9.96. The fourth-order valence-electron chi connectivity index (χ4n) is 13.7. The second-order valence-corrected chi connectivity index (χ2v) is 29.6. The molecule has 608 valence electrons. The molecule has 17 unspecified atom stereocenters. The quantitative estimate of drug-likeness (QED) is 0.0199. The molecule has 0 aromatic rings. The Balaban J connectivity index is 1.34. The SMILES string of the molecule is CC/C=C\C/C=C\C/C=C\C/C=C\C/C=C\C/C=C\C/C=C\CCCCCCCCCCCCCCCCCC(=O)NC(COC1OC(CO)C(OC2OC(CO)C(OC3OC(CO)C(O)C(O)C3O)C(O)C2O)C(O)C1O)C(O)/C=C/CCCCCCCCCCCCCCCCCCCCCCC. The predicted octanol–water partition coefficient (Wildman–Crippen LogP) is 14.7. The molecule has 0 aliphatic carbocycles. The van der Waals surface area contributed by atoms with Gasteiger partial charge in [-0.1, -0.05) is 323 Å². The summed E-state index contributed by atoms with van der Waals surface area (Å²) in [6.45, 7) is 1.65. The van der Waals surface area contributed by atoms with Crippen molar-refractivity contribution in [2.45, 2.75) is 413 Å². The highest BCUT2D eigenvalue weighted by Gasteiger charge is 2.54. The Morgan fingerprint density at radius 3 is 1.03 bits per heavy atom. The molecule has 105 heavy (non-hydrogen) atoms. The normalized spacial score (nSPS) is 26.3. The fourth-order valence-corrected chi connectivity index (χ4v) is 13.7. The number of carbonyl (C=O) groups is 1. The Kier molecular flexibility index (Phi) is 59.8. The molecule has 3 fully saturated rings. The number of unbranched alkanes of at least 4 members (excludes halogenated alkanes) is 36. The fraction of sp³-hybridized carbons (Fsp3) is 0.802. The van der Waals surface area contributed by atoms with Crippen molar-refractivity contribution >= 4 is 5.91 Å². The lowest BCUT2D eigenvalue weighted by molar-refractivity contribution is -0.379. The standard InChI is InChI=1S/C86H151NO18/c1-3-5-7-9-11-13-15-17-19-21-23-25-27-28-29-30-31-32-33-34-35-36-37-38-39-40-42-44-46-48-50-52-54-56-58-60-62-64-74(92)87-69(70(91)63-61-59-57-55-53-51-49-47-45-43-41-26-24-22-20-18-16-14-12-10-8-6-4-2)68-100-84-80(98)77(95)82(72(66-89)102-84)105-86-81(99)78(96)83(73(67-90)103-86)104-85-79(97)76(94)75(93)71(65-88)101-85/h5,7,11,13,17,19,23,25,28-29,31-32,34-35,61,63,69-73,75-86,88-91,93-99H,3-4,6,8-10,12,14-16,18,20-22,24,26-27,30,33,36-60,62,64-68H2,1-2H3,(H,87,92)/b7-5-,13-11-,19-17-,25-23-,29-28-,32-31-,35-34-,63-61+. The topological polar surface area (TPSA) is 307 Å². The highest BCUT2D eigenvalue weighted by atomic mass is 16.8. The van der Waals surface area contributed by atoms with Crippen molar-refractivity contribution in [1.29, 1.82) is 0 Å². The molecule has 3 aliphatic heterocycles. The summed E-state index contributed by atoms with van der Waals surface area (Å²) in [5.41, 5.74) is 0. The van der Waals surface area contributed by atoms with Crippen molar-refractivity contribution in [2.75, 3.05) is 26.4 Å². The monoisotopic (exact) mass is 1490 g/mol. The van der Waals surface area contributed by atoms with Crippen LogP contribution in [0.1, 0.15) is 309 Å². The summed E-state index contributed by atoms with van der Waals surface area (Å²) in [5, 5.41) is 121. The molecule has 19 heteroatoms. The molecule has 0 aromatic carbocycles. The van der Waals surface area contributed by atoms with Crippen molar-refractivity contribution in [3.05, 3.63) is 97.2 Å². The van der Waals surface area contributed by atoms with Crippen LogP contribution in [0.15, 0.2) is 97.2 Å². The number of nitrogens with one attached hydrogen (secondary N) is 1. The van der Waals surface area contributed by atoms with Gasteiger partial charge in [-0.25, -0.2) is 0 Å². The van der Waals surface area contributed by atoms with Crippen molar-refractivity contribution in [1.82, 2.24) is 5.32 Å². The maximum absolute atomic E-state index is 13.5. The van der Waals surface area contributed by atoms with E-state index in [0.29, 0.717) is 6.42 Å². The summed E-state index contributed by atoms with van der Waals surface area (Å²) in [4.78, 5) is 13.5. The van der Waals surface area contributed by atoms with Crippen LogP contribution in [-0.2, 0) is 33.2 Å². The zero-order valence-electron chi connectivity index (χ0n) is 65.2. The van der Waals surface area contributed by atoms with Gasteiger partial charge in [-0.2, -0.15) is 0 Å². The number of aliphatic hydroxyl groups is 11. The minimum absolute atomic E-state index is 0.240. The van der Waals surface area contributed by atoms with Crippen molar-refractivity contribution in [3.8, 4) is 0 Å². The van der Waals surface area contributed by atoms with E-state index in [-0.39, 0.29) is 18.9 Å². The molecule has 0 spiro atoms. The molecule has 0 radical (unpaired) electrons. The summed E-state index contributed by atoms with van der Waals surface area (Å²) < 4.78 is 34.5. The van der Waals surface area contributed by atoms with Crippen LogP contribution in [-0.4, -0.2) is 193 Å². The van der Waals surface area contributed by atoms with Gasteiger partial charge in [-0.15, -0.1) is 0 Å². The first-order chi connectivity index (χ1) is 51.3. The molecule has 3 saturated heterocycles. The van der Waals surface area contributed by atoms with Crippen molar-refractivity contribution in [2.24, 2.45) is 0 Å². The lowest BCUT2D eigenvalue weighted by Crippen LogP contribution is -2.66. The van der Waals surface area contributed by atoms with E-state index >= 15 is 0 Å². The predicted molar refractivity (Wildman–Crippen MR) is 420 cm³/mol. The second kappa shape index (κ2) is 65.4. The molecule has 3 rings (SSSR count). The average Bonchev–Trinajstić information content (AvgIpc) is 0.779. The van der Waals surface area contributed by atoms with Gasteiger partial charge < -0.3 is 89.9 Å². The van der Waals surface area contributed by atoms with E-state index in [4.69, 9.17) is 28.4 Å². The van der Waals surface area contributed by atoms with Crippen LogP contribution < -0.4 is 5.32 Å². The third kappa shape index (κ3) is 45.0. The van der Waals surface area contributed by atoms with Crippen LogP contribution in [0.25, 0.3) is 0 Å². The molecular weight excluding hydrogens is 1330 g/mol. The number of rotatable bonds is 66. The molecule has 12 N–H and O–H groups in total. The molecule has 3 heterocycles. The molecule has 17 atom stereocenters. The van der Waals surface area contributed by atoms with E-state index in [0.717, 1.165) is 96.3 Å². The van der Waals surface area contributed by atoms with Gasteiger partial charge in [0.2, 0.25) is 5.91 Å². The molecular formula is C86H151NO18. The lowest BCUT2D eigenvalue weighted by Gasteiger charge is -2.48. The first-order valence-corrected chi connectivity index (χ1v) is 42.0. The Morgan fingerprint density at radius 2 is 0.657 bits per heavy atom. The first-order valence-electron chi connectivity index (χ1n) is 42.0. The summed E-state index contributed by atoms with van der Waals surface area (Å²) in [6.07, 6.45) is 62.5. The van der Waals surface area contributed by atoms with Crippen LogP contribution in [0.4, 0.5) is 0 Å². The minimum Gasteiger partial charge on any atom is -0.394 e. The van der Waals surface area contributed by atoms with Gasteiger partial charge in [0.1, 0.15) is 73.2 Å². The number of aliphatic hydroxyl groups excluding tert-OH is 11. The van der Waals surface area contributed by atoms with Gasteiger partial charge in [-0.05, 0) is 77.0 Å². The van der Waals surface area contributed by atoms with Gasteiger partial charge in [0.05, 0.1) is 38.6 Å². The largest absolute Gasteiger partial charge is 0.394 e. The third-order valence-electron chi connectivity index (χ3n) is 20.4. The van der Waals surface area contributed by atoms with Crippen molar-refractivity contribution in [3.63, 3.8) is 0 Å². The Morgan fingerprint density at radius 1 is 0.352 bits per heavy atom. The van der Waals surface area contributed by atoms with E-state index in [1.54, 1.807) is 6.08 Å². The van der Waals surface area contributed by atoms with Crippen LogP contribution in [0.5, 0.6) is 0 Å². The molecule has 1 amide bonds. The van der Waals surface area contributed by atoms with E-state index in [2.05, 4.69) is 104 Å². The zero-order valence-corrected chi connectivity index (χ0v) is 65.2. The maximum Gasteiger partial charge on any atom is 0.220 e. The van der Waals surface area contributed by atoms with E-state index < -0.39 is 124 Å². The summed E-state index contributed by atoms with van der Waals surface area (Å²) in [6, 6.07) is -0.979. The summed E-state index contributed by atoms with van der Waals surface area (Å²) in [7, 11) is 0. The third-order valence-corrected chi connectivity index (χ3v) is 20.4. The van der Waals surface area contributed by atoms with E-state index in [1.165, 1.54) is 186 Å². The molecule has 0 aromatic heterocycles. The number of carbonyl (C=O) groups excluding carboxylic acids is 1. The van der Waals surface area contributed by atoms with Gasteiger partial charge >= 0.3 is 0 Å². The Hall–Kier alpha value is -3.29. The Bertz CT molecular complexity index is 2270. The second-order valence-electron chi connectivity index (χ2n) is 29.6. The highest BCUT2D eigenvalue weighted by Crippen LogP contribution is 2.33. The zero-order chi connectivity index (χ0) is 76.0. The van der Waals surface area contributed by atoms with Crippen molar-refractivity contribution < 1.29 is 89.4 Å². The molecule has 0 saturated carbocycles. The van der Waals surface area contributed by atoms with Crippen LogP contribution >= 0.6 is 0 Å². The highest BCUT2D eigenvalue weighted by molar-refractivity contribution is 5.76. The minimum atomic E-state index is -1.98. The molecule has 19 nitrogen and oxygen atoms in total. The first kappa shape index (κ1) is 95.9. The molecule has 0 bridgehead atoms. The van der Waals surface area contributed by atoms with Crippen LogP contribution in [0, 0.1) is 0 Å². The van der Waals surface area contributed by atoms with Gasteiger partial charge in [0, 0.05) is 6.42 Å². The van der Waals surface area contributed by atoms with Crippen LogP contribution in [0.3, 0.4) is 0 Å². The smallest absolute Gasteiger partial charge is 0.220 e. The Labute approximate surface area is 634 Å². The number of amides is 1.